The first kappa shape index (κ1) is 19.3. The molecular weight excluding hydrogens is 366 g/mol. The summed E-state index contributed by atoms with van der Waals surface area (Å²) in [4.78, 5) is 35.1. The zero-order valence-electron chi connectivity index (χ0n) is 15.5. The fraction of sp³-hybridized carbons (Fsp3) is 0.400. The number of hydrogen-bond donors (Lipinski definition) is 1. The summed E-state index contributed by atoms with van der Waals surface area (Å²) in [6.45, 7) is 6.22. The summed E-state index contributed by atoms with van der Waals surface area (Å²) < 4.78 is 0. The highest BCUT2D eigenvalue weighted by atomic mass is 35.5. The highest BCUT2D eigenvalue weighted by Gasteiger charge is 2.41. The van der Waals surface area contributed by atoms with E-state index in [1.54, 1.807) is 30.2 Å². The van der Waals surface area contributed by atoms with Gasteiger partial charge in [-0.15, -0.1) is 0 Å². The minimum atomic E-state index is -0.908. The molecule has 1 N–H and O–H groups in total. The van der Waals surface area contributed by atoms with Gasteiger partial charge in [0.25, 0.3) is 5.91 Å². The zero-order valence-corrected chi connectivity index (χ0v) is 16.3. The molecule has 27 heavy (non-hydrogen) atoms. The number of carbonyl (C=O) groups is 2. The molecule has 1 aliphatic rings. The molecule has 0 unspecified atom stereocenters. The van der Waals surface area contributed by atoms with Crippen molar-refractivity contribution < 1.29 is 14.7 Å². The number of likely N-dealkylation sites (tertiary alicyclic amines) is 1. The molecule has 3 rings (SSSR count). The van der Waals surface area contributed by atoms with Crippen LogP contribution in [0.25, 0.3) is 0 Å². The molecule has 0 saturated carbocycles. The van der Waals surface area contributed by atoms with Crippen molar-refractivity contribution in [1.29, 1.82) is 0 Å². The van der Waals surface area contributed by atoms with Gasteiger partial charge < -0.3 is 10.0 Å². The number of carboxylic acid groups (broad SMARTS) is 1. The molecule has 1 amide bonds. The zero-order chi connectivity index (χ0) is 19.7. The van der Waals surface area contributed by atoms with Crippen LogP contribution < -0.4 is 0 Å². The van der Waals surface area contributed by atoms with Gasteiger partial charge >= 0.3 is 5.97 Å². The van der Waals surface area contributed by atoms with Gasteiger partial charge in [0.15, 0.2) is 0 Å². The molecule has 6 nitrogen and oxygen atoms in total. The number of aryl methyl sites for hydroxylation is 1. The smallest absolute Gasteiger partial charge is 0.308 e. The predicted molar refractivity (Wildman–Crippen MR) is 102 cm³/mol. The van der Waals surface area contributed by atoms with Crippen molar-refractivity contribution in [2.75, 3.05) is 13.1 Å². The third-order valence-electron chi connectivity index (χ3n) is 4.94. The lowest BCUT2D eigenvalue weighted by atomic mass is 9.89. The van der Waals surface area contributed by atoms with Gasteiger partial charge in [0, 0.05) is 30.2 Å². The standard InChI is InChI=1S/C20H22ClN3O3/c1-11(2)18-15(8-22-12(3)23-18)19(25)24-9-16(17(10-24)20(26)27)13-4-6-14(21)7-5-13/h4-8,11,16-17H,9-10H2,1-3H3,(H,26,27)/t16-,17+/m0/s1. The Labute approximate surface area is 163 Å². The Kier molecular flexibility index (Phi) is 5.46. The van der Waals surface area contributed by atoms with E-state index < -0.39 is 11.9 Å². The van der Waals surface area contributed by atoms with Gasteiger partial charge in [-0.05, 0) is 30.5 Å². The minimum absolute atomic E-state index is 0.0654. The lowest BCUT2D eigenvalue weighted by Crippen LogP contribution is -2.31. The topological polar surface area (TPSA) is 83.4 Å². The molecule has 1 saturated heterocycles. The molecular formula is C20H22ClN3O3. The predicted octanol–water partition coefficient (Wildman–Crippen LogP) is 3.50. The Morgan fingerprint density at radius 1 is 1.22 bits per heavy atom. The average Bonchev–Trinajstić information content (AvgIpc) is 3.07. The maximum atomic E-state index is 13.1. The van der Waals surface area contributed by atoms with Crippen LogP contribution in [-0.4, -0.2) is 44.9 Å². The number of aliphatic carboxylic acids is 1. The van der Waals surface area contributed by atoms with Crippen molar-refractivity contribution in [3.63, 3.8) is 0 Å². The van der Waals surface area contributed by atoms with E-state index in [9.17, 15) is 14.7 Å². The first-order valence-corrected chi connectivity index (χ1v) is 9.26. The van der Waals surface area contributed by atoms with Crippen molar-refractivity contribution in [3.05, 3.63) is 58.1 Å². The largest absolute Gasteiger partial charge is 0.481 e. The van der Waals surface area contributed by atoms with Gasteiger partial charge in [0.1, 0.15) is 5.82 Å². The normalized spacial score (nSPS) is 19.5. The molecule has 2 aromatic rings. The van der Waals surface area contributed by atoms with E-state index in [1.165, 1.54) is 0 Å². The summed E-state index contributed by atoms with van der Waals surface area (Å²) in [5, 5.41) is 10.3. The second kappa shape index (κ2) is 7.64. The monoisotopic (exact) mass is 387 g/mol. The summed E-state index contributed by atoms with van der Waals surface area (Å²) >= 11 is 5.94. The molecule has 0 spiro atoms. The SMILES string of the molecule is Cc1ncc(C(=O)N2C[C@@H](C(=O)O)[C@H](c3ccc(Cl)cc3)C2)c(C(C)C)n1. The molecule has 0 bridgehead atoms. The number of rotatable bonds is 4. The van der Waals surface area contributed by atoms with Gasteiger partial charge in [0.05, 0.1) is 17.2 Å². The van der Waals surface area contributed by atoms with Crippen LogP contribution in [0.2, 0.25) is 5.02 Å². The van der Waals surface area contributed by atoms with E-state index in [1.807, 2.05) is 26.0 Å². The van der Waals surface area contributed by atoms with Crippen LogP contribution in [0.3, 0.4) is 0 Å². The highest BCUT2D eigenvalue weighted by molar-refractivity contribution is 6.30. The number of benzene rings is 1. The van der Waals surface area contributed by atoms with Gasteiger partial charge in [0.2, 0.25) is 0 Å². The van der Waals surface area contributed by atoms with Gasteiger partial charge in [-0.3, -0.25) is 9.59 Å². The van der Waals surface area contributed by atoms with Crippen LogP contribution >= 0.6 is 11.6 Å². The fourth-order valence-electron chi connectivity index (χ4n) is 3.53. The number of carbonyl (C=O) groups excluding carboxylic acids is 1. The molecule has 7 heteroatoms. The third-order valence-corrected chi connectivity index (χ3v) is 5.19. The maximum Gasteiger partial charge on any atom is 0.308 e. The van der Waals surface area contributed by atoms with Crippen molar-refractivity contribution >= 4 is 23.5 Å². The van der Waals surface area contributed by atoms with E-state index >= 15 is 0 Å². The Morgan fingerprint density at radius 2 is 1.89 bits per heavy atom. The van der Waals surface area contributed by atoms with Crippen LogP contribution in [0.5, 0.6) is 0 Å². The van der Waals surface area contributed by atoms with Crippen molar-refractivity contribution in [2.24, 2.45) is 5.92 Å². The Bertz CT molecular complexity index is 867. The average molecular weight is 388 g/mol. The molecule has 2 heterocycles. The van der Waals surface area contributed by atoms with E-state index in [0.29, 0.717) is 28.6 Å². The number of amides is 1. The minimum Gasteiger partial charge on any atom is -0.481 e. The summed E-state index contributed by atoms with van der Waals surface area (Å²) in [6, 6.07) is 7.13. The molecule has 1 aliphatic heterocycles. The van der Waals surface area contributed by atoms with E-state index in [2.05, 4.69) is 9.97 Å². The first-order chi connectivity index (χ1) is 12.8. The van der Waals surface area contributed by atoms with E-state index in [-0.39, 0.29) is 24.3 Å². The van der Waals surface area contributed by atoms with Crippen LogP contribution in [-0.2, 0) is 4.79 Å². The van der Waals surface area contributed by atoms with Crippen molar-refractivity contribution in [1.82, 2.24) is 14.9 Å². The molecule has 0 radical (unpaired) electrons. The molecule has 1 fully saturated rings. The lowest BCUT2D eigenvalue weighted by Gasteiger charge is -2.19. The molecule has 0 aliphatic carbocycles. The Balaban J connectivity index is 1.91. The highest BCUT2D eigenvalue weighted by Crippen LogP contribution is 2.34. The van der Waals surface area contributed by atoms with Crippen LogP contribution in [0, 0.1) is 12.8 Å². The quantitative estimate of drug-likeness (QED) is 0.867. The second-order valence-corrected chi connectivity index (χ2v) is 7.62. The maximum absolute atomic E-state index is 13.1. The molecule has 1 aromatic heterocycles. The summed E-state index contributed by atoms with van der Waals surface area (Å²) in [5.74, 6) is -1.40. The number of aromatic nitrogens is 2. The summed E-state index contributed by atoms with van der Waals surface area (Å²) in [7, 11) is 0. The van der Waals surface area contributed by atoms with Crippen LogP contribution in [0.1, 0.15) is 53.1 Å². The second-order valence-electron chi connectivity index (χ2n) is 7.18. The van der Waals surface area contributed by atoms with Crippen LogP contribution in [0.15, 0.2) is 30.5 Å². The van der Waals surface area contributed by atoms with Gasteiger partial charge in [-0.1, -0.05) is 37.6 Å². The lowest BCUT2D eigenvalue weighted by molar-refractivity contribution is -0.141. The molecule has 2 atom stereocenters. The molecule has 1 aromatic carbocycles. The van der Waals surface area contributed by atoms with Crippen molar-refractivity contribution in [2.45, 2.75) is 32.6 Å². The van der Waals surface area contributed by atoms with Crippen LogP contribution in [0.4, 0.5) is 0 Å². The van der Waals surface area contributed by atoms with Gasteiger partial charge in [-0.25, -0.2) is 9.97 Å². The number of halogens is 1. The fourth-order valence-corrected chi connectivity index (χ4v) is 3.66. The van der Waals surface area contributed by atoms with E-state index in [4.69, 9.17) is 11.6 Å². The van der Waals surface area contributed by atoms with E-state index in [0.717, 1.165) is 5.56 Å². The third kappa shape index (κ3) is 3.95. The Hall–Kier alpha value is -2.47. The van der Waals surface area contributed by atoms with Gasteiger partial charge in [-0.2, -0.15) is 0 Å². The molecule has 142 valence electrons. The summed E-state index contributed by atoms with van der Waals surface area (Å²) in [5.41, 5.74) is 2.00. The number of nitrogens with zero attached hydrogens (tertiary/aromatic N) is 3. The first-order valence-electron chi connectivity index (χ1n) is 8.89. The number of hydrogen-bond acceptors (Lipinski definition) is 4. The Morgan fingerprint density at radius 3 is 2.48 bits per heavy atom. The van der Waals surface area contributed by atoms with Crippen molar-refractivity contribution in [3.8, 4) is 0 Å². The summed E-state index contributed by atoms with van der Waals surface area (Å²) in [6.07, 6.45) is 1.55. The number of carboxylic acids is 1.